The van der Waals surface area contributed by atoms with Crippen LogP contribution in [0.5, 0.6) is 0 Å². The van der Waals surface area contributed by atoms with E-state index in [2.05, 4.69) is 26.0 Å². The van der Waals surface area contributed by atoms with Crippen LogP contribution >= 0.6 is 0 Å². The average Bonchev–Trinajstić information content (AvgIpc) is 2.03. The Morgan fingerprint density at radius 2 is 2.08 bits per heavy atom. The molecular formula is C11H20O2. The molecule has 0 saturated carbocycles. The van der Waals surface area contributed by atoms with Crippen molar-refractivity contribution in [3.05, 3.63) is 12.2 Å². The number of hydrogen-bond acceptors (Lipinski definition) is 2. The summed E-state index contributed by atoms with van der Waals surface area (Å²) in [6.07, 6.45) is 6.57. The molecule has 2 nitrogen and oxygen atoms in total. The SMILES string of the molecule is CCOC(=O)CCC=CCC(C)C. The van der Waals surface area contributed by atoms with Gasteiger partial charge in [0.1, 0.15) is 0 Å². The fraction of sp³-hybridized carbons (Fsp3) is 0.727. The van der Waals surface area contributed by atoms with Crippen molar-refractivity contribution >= 4 is 5.97 Å². The van der Waals surface area contributed by atoms with E-state index in [0.717, 1.165) is 12.8 Å². The van der Waals surface area contributed by atoms with Crippen LogP contribution in [0.2, 0.25) is 0 Å². The molecule has 0 radical (unpaired) electrons. The van der Waals surface area contributed by atoms with E-state index in [9.17, 15) is 4.79 Å². The topological polar surface area (TPSA) is 26.3 Å². The maximum Gasteiger partial charge on any atom is 0.306 e. The second-order valence-corrected chi connectivity index (χ2v) is 3.44. The normalized spacial score (nSPS) is 11.1. The Kier molecular flexibility index (Phi) is 7.36. The highest BCUT2D eigenvalue weighted by Gasteiger charge is 1.97. The van der Waals surface area contributed by atoms with E-state index in [1.165, 1.54) is 0 Å². The van der Waals surface area contributed by atoms with Gasteiger partial charge in [-0.05, 0) is 25.7 Å². The van der Waals surface area contributed by atoms with Gasteiger partial charge in [-0.1, -0.05) is 26.0 Å². The van der Waals surface area contributed by atoms with Gasteiger partial charge in [0.05, 0.1) is 6.61 Å². The van der Waals surface area contributed by atoms with Crippen molar-refractivity contribution < 1.29 is 9.53 Å². The molecule has 0 unspecified atom stereocenters. The molecule has 0 aromatic rings. The van der Waals surface area contributed by atoms with Crippen LogP contribution in [-0.4, -0.2) is 12.6 Å². The monoisotopic (exact) mass is 184 g/mol. The Balaban J connectivity index is 3.33. The first-order valence-corrected chi connectivity index (χ1v) is 4.97. The van der Waals surface area contributed by atoms with E-state index in [0.29, 0.717) is 18.9 Å². The van der Waals surface area contributed by atoms with Crippen LogP contribution in [0.3, 0.4) is 0 Å². The van der Waals surface area contributed by atoms with Gasteiger partial charge in [-0.15, -0.1) is 0 Å². The zero-order chi connectivity index (χ0) is 10.1. The molecule has 0 atom stereocenters. The largest absolute Gasteiger partial charge is 0.466 e. The first-order chi connectivity index (χ1) is 6.16. The lowest BCUT2D eigenvalue weighted by Crippen LogP contribution is -2.02. The van der Waals surface area contributed by atoms with Crippen LogP contribution in [0.4, 0.5) is 0 Å². The van der Waals surface area contributed by atoms with Crippen molar-refractivity contribution in [2.75, 3.05) is 6.61 Å². The molecule has 0 spiro atoms. The maximum absolute atomic E-state index is 10.9. The predicted octanol–water partition coefficient (Wildman–Crippen LogP) is 2.93. The van der Waals surface area contributed by atoms with E-state index in [4.69, 9.17) is 4.74 Å². The zero-order valence-electron chi connectivity index (χ0n) is 8.88. The molecule has 0 saturated heterocycles. The van der Waals surface area contributed by atoms with Crippen molar-refractivity contribution in [2.45, 2.75) is 40.0 Å². The lowest BCUT2D eigenvalue weighted by Gasteiger charge is -1.99. The molecule has 0 aliphatic heterocycles. The fourth-order valence-electron chi connectivity index (χ4n) is 0.921. The smallest absolute Gasteiger partial charge is 0.306 e. The number of esters is 1. The summed E-state index contributed by atoms with van der Waals surface area (Å²) in [7, 11) is 0. The minimum absolute atomic E-state index is 0.100. The standard InChI is InChI=1S/C11H20O2/c1-4-13-11(12)9-7-5-6-8-10(2)3/h5-6,10H,4,7-9H2,1-3H3. The van der Waals surface area contributed by atoms with Crippen molar-refractivity contribution in [3.8, 4) is 0 Å². The van der Waals surface area contributed by atoms with Gasteiger partial charge in [-0.3, -0.25) is 4.79 Å². The summed E-state index contributed by atoms with van der Waals surface area (Å²) in [4.78, 5) is 10.9. The van der Waals surface area contributed by atoms with E-state index in [1.54, 1.807) is 0 Å². The Hall–Kier alpha value is -0.790. The first-order valence-electron chi connectivity index (χ1n) is 4.97. The van der Waals surface area contributed by atoms with E-state index in [-0.39, 0.29) is 5.97 Å². The van der Waals surface area contributed by atoms with Gasteiger partial charge in [-0.25, -0.2) is 0 Å². The fourth-order valence-corrected chi connectivity index (χ4v) is 0.921. The predicted molar refractivity (Wildman–Crippen MR) is 54.5 cm³/mol. The first kappa shape index (κ1) is 12.2. The van der Waals surface area contributed by atoms with Crippen molar-refractivity contribution in [1.82, 2.24) is 0 Å². The highest BCUT2D eigenvalue weighted by molar-refractivity contribution is 5.69. The molecule has 2 heteroatoms. The number of rotatable bonds is 6. The lowest BCUT2D eigenvalue weighted by molar-refractivity contribution is -0.142. The molecule has 0 bridgehead atoms. The Labute approximate surface area is 81.0 Å². The lowest BCUT2D eigenvalue weighted by atomic mass is 10.1. The third-order valence-corrected chi connectivity index (χ3v) is 1.59. The number of carbonyl (C=O) groups is 1. The molecule has 0 aliphatic rings. The summed E-state index contributed by atoms with van der Waals surface area (Å²) in [6, 6.07) is 0. The summed E-state index contributed by atoms with van der Waals surface area (Å²) in [5, 5.41) is 0. The van der Waals surface area contributed by atoms with Crippen LogP contribution in [0.1, 0.15) is 40.0 Å². The van der Waals surface area contributed by atoms with E-state index >= 15 is 0 Å². The van der Waals surface area contributed by atoms with Gasteiger partial charge in [0.2, 0.25) is 0 Å². The molecule has 13 heavy (non-hydrogen) atoms. The minimum atomic E-state index is -0.100. The molecule has 0 fully saturated rings. The number of carbonyl (C=O) groups excluding carboxylic acids is 1. The number of allylic oxidation sites excluding steroid dienone is 2. The second kappa shape index (κ2) is 7.84. The summed E-state index contributed by atoms with van der Waals surface area (Å²) in [6.45, 7) is 6.66. The molecule has 0 rings (SSSR count). The Morgan fingerprint density at radius 1 is 1.38 bits per heavy atom. The van der Waals surface area contributed by atoms with Gasteiger partial charge in [0, 0.05) is 6.42 Å². The van der Waals surface area contributed by atoms with Crippen LogP contribution in [-0.2, 0) is 9.53 Å². The van der Waals surface area contributed by atoms with E-state index in [1.807, 2.05) is 6.92 Å². The molecule has 0 aliphatic carbocycles. The molecule has 0 heterocycles. The maximum atomic E-state index is 10.9. The quantitative estimate of drug-likeness (QED) is 0.468. The van der Waals surface area contributed by atoms with Gasteiger partial charge >= 0.3 is 5.97 Å². The minimum Gasteiger partial charge on any atom is -0.466 e. The third kappa shape index (κ3) is 9.12. The van der Waals surface area contributed by atoms with Crippen molar-refractivity contribution in [1.29, 1.82) is 0 Å². The second-order valence-electron chi connectivity index (χ2n) is 3.44. The van der Waals surface area contributed by atoms with Crippen molar-refractivity contribution in [2.24, 2.45) is 5.92 Å². The number of hydrogen-bond donors (Lipinski definition) is 0. The Bertz CT molecular complexity index is 159. The van der Waals surface area contributed by atoms with Crippen molar-refractivity contribution in [3.63, 3.8) is 0 Å². The molecule has 76 valence electrons. The van der Waals surface area contributed by atoms with E-state index < -0.39 is 0 Å². The average molecular weight is 184 g/mol. The molecule has 0 aromatic heterocycles. The molecule has 0 aromatic carbocycles. The Morgan fingerprint density at radius 3 is 2.62 bits per heavy atom. The molecule has 0 N–H and O–H groups in total. The molecule has 0 amide bonds. The molecular weight excluding hydrogens is 164 g/mol. The summed E-state index contributed by atoms with van der Waals surface area (Å²) in [5.41, 5.74) is 0. The zero-order valence-corrected chi connectivity index (χ0v) is 8.88. The van der Waals surface area contributed by atoms with Gasteiger partial charge in [0.25, 0.3) is 0 Å². The van der Waals surface area contributed by atoms with Gasteiger partial charge in [0.15, 0.2) is 0 Å². The third-order valence-electron chi connectivity index (χ3n) is 1.59. The van der Waals surface area contributed by atoms with Gasteiger partial charge < -0.3 is 4.74 Å². The van der Waals surface area contributed by atoms with Crippen LogP contribution < -0.4 is 0 Å². The van der Waals surface area contributed by atoms with Crippen LogP contribution in [0.15, 0.2) is 12.2 Å². The van der Waals surface area contributed by atoms with Gasteiger partial charge in [-0.2, -0.15) is 0 Å². The van der Waals surface area contributed by atoms with Crippen LogP contribution in [0.25, 0.3) is 0 Å². The highest BCUT2D eigenvalue weighted by Crippen LogP contribution is 2.02. The highest BCUT2D eigenvalue weighted by atomic mass is 16.5. The summed E-state index contributed by atoms with van der Waals surface area (Å²) < 4.78 is 4.80. The number of ether oxygens (including phenoxy) is 1. The summed E-state index contributed by atoms with van der Waals surface area (Å²) in [5.74, 6) is 0.593. The van der Waals surface area contributed by atoms with Crippen LogP contribution in [0, 0.1) is 5.92 Å². The summed E-state index contributed by atoms with van der Waals surface area (Å²) >= 11 is 0.